The summed E-state index contributed by atoms with van der Waals surface area (Å²) < 4.78 is 5.65. The fraction of sp³-hybridized carbons (Fsp3) is 0.500. The highest BCUT2D eigenvalue weighted by Gasteiger charge is 2.39. The van der Waals surface area contributed by atoms with Crippen molar-refractivity contribution < 1.29 is 19.4 Å². The Kier molecular flexibility index (Phi) is 4.50. The first kappa shape index (κ1) is 15.4. The summed E-state index contributed by atoms with van der Waals surface area (Å²) in [5.41, 5.74) is 1.12. The molecule has 5 nitrogen and oxygen atoms in total. The van der Waals surface area contributed by atoms with Gasteiger partial charge in [0, 0.05) is 12.6 Å². The summed E-state index contributed by atoms with van der Waals surface area (Å²) in [5.74, 6) is -0.847. The summed E-state index contributed by atoms with van der Waals surface area (Å²) in [6, 6.07) is 7.20. The molecular weight excluding hydrogens is 270 g/mol. The quantitative estimate of drug-likeness (QED) is 0.922. The van der Waals surface area contributed by atoms with Gasteiger partial charge in [-0.05, 0) is 39.3 Å². The van der Waals surface area contributed by atoms with E-state index in [1.54, 1.807) is 18.7 Å². The van der Waals surface area contributed by atoms with Crippen molar-refractivity contribution in [3.05, 3.63) is 29.8 Å². The molecule has 0 spiro atoms. The number of aliphatic carboxylic acids is 1. The van der Waals surface area contributed by atoms with Gasteiger partial charge in [0.25, 0.3) is 5.91 Å². The molecule has 3 atom stereocenters. The van der Waals surface area contributed by atoms with Crippen molar-refractivity contribution in [3.63, 3.8) is 0 Å². The van der Waals surface area contributed by atoms with Crippen LogP contribution in [0.4, 0.5) is 0 Å². The van der Waals surface area contributed by atoms with E-state index in [0.29, 0.717) is 18.7 Å². The second-order valence-electron chi connectivity index (χ2n) is 5.58. The van der Waals surface area contributed by atoms with Gasteiger partial charge >= 0.3 is 5.97 Å². The number of nitrogens with zero attached hydrogens (tertiary/aromatic N) is 1. The lowest BCUT2D eigenvalue weighted by Crippen LogP contribution is -2.44. The van der Waals surface area contributed by atoms with E-state index in [9.17, 15) is 9.59 Å². The molecule has 114 valence electrons. The highest BCUT2D eigenvalue weighted by molar-refractivity contribution is 5.83. The molecule has 1 aliphatic rings. The van der Waals surface area contributed by atoms with Gasteiger partial charge in [-0.15, -0.1) is 0 Å². The Hall–Kier alpha value is -2.04. The summed E-state index contributed by atoms with van der Waals surface area (Å²) in [6.45, 7) is 5.93. The van der Waals surface area contributed by atoms with Crippen LogP contribution in [0.15, 0.2) is 24.3 Å². The molecule has 2 rings (SSSR count). The van der Waals surface area contributed by atoms with Gasteiger partial charge in [-0.1, -0.05) is 17.7 Å². The maximum absolute atomic E-state index is 12.4. The molecule has 1 amide bonds. The van der Waals surface area contributed by atoms with Gasteiger partial charge in [0.2, 0.25) is 0 Å². The van der Waals surface area contributed by atoms with Crippen LogP contribution in [0.3, 0.4) is 0 Å². The molecule has 1 aromatic carbocycles. The van der Waals surface area contributed by atoms with Gasteiger partial charge in [0.15, 0.2) is 6.10 Å². The van der Waals surface area contributed by atoms with Gasteiger partial charge in [-0.2, -0.15) is 0 Å². The lowest BCUT2D eigenvalue weighted by molar-refractivity contribution is -0.144. The Morgan fingerprint density at radius 1 is 1.33 bits per heavy atom. The highest BCUT2D eigenvalue weighted by atomic mass is 16.5. The second-order valence-corrected chi connectivity index (χ2v) is 5.58. The zero-order valence-corrected chi connectivity index (χ0v) is 12.6. The van der Waals surface area contributed by atoms with Crippen LogP contribution in [0, 0.1) is 12.8 Å². The number of carbonyl (C=O) groups is 2. The van der Waals surface area contributed by atoms with Gasteiger partial charge in [-0.25, -0.2) is 0 Å². The predicted octanol–water partition coefficient (Wildman–Crippen LogP) is 2.08. The van der Waals surface area contributed by atoms with Gasteiger partial charge in [-0.3, -0.25) is 9.59 Å². The second kappa shape index (κ2) is 6.16. The van der Waals surface area contributed by atoms with Crippen molar-refractivity contribution in [2.24, 2.45) is 5.92 Å². The summed E-state index contributed by atoms with van der Waals surface area (Å²) >= 11 is 0. The van der Waals surface area contributed by atoms with Gasteiger partial charge < -0.3 is 14.7 Å². The molecule has 1 fully saturated rings. The van der Waals surface area contributed by atoms with E-state index in [1.807, 2.05) is 31.2 Å². The smallest absolute Gasteiger partial charge is 0.308 e. The molecule has 1 N–H and O–H groups in total. The normalized spacial score (nSPS) is 22.9. The van der Waals surface area contributed by atoms with E-state index < -0.39 is 18.0 Å². The summed E-state index contributed by atoms with van der Waals surface area (Å²) in [4.78, 5) is 25.1. The number of aryl methyl sites for hydroxylation is 1. The standard InChI is InChI=1S/C16H21NO4/c1-10-4-6-13(7-5-10)21-12(3)15(18)17-9-8-14(11(17)2)16(19)20/h4-7,11-12,14H,8-9H2,1-3H3,(H,19,20). The van der Waals surface area contributed by atoms with Crippen molar-refractivity contribution in [3.8, 4) is 5.75 Å². The molecule has 0 saturated carbocycles. The Balaban J connectivity index is 1.99. The molecule has 0 aromatic heterocycles. The van der Waals surface area contributed by atoms with Crippen molar-refractivity contribution >= 4 is 11.9 Å². The zero-order valence-electron chi connectivity index (χ0n) is 12.6. The van der Waals surface area contributed by atoms with Crippen LogP contribution in [0.5, 0.6) is 5.75 Å². The van der Waals surface area contributed by atoms with Crippen molar-refractivity contribution in [2.75, 3.05) is 6.54 Å². The monoisotopic (exact) mass is 291 g/mol. The largest absolute Gasteiger partial charge is 0.481 e. The first-order valence-electron chi connectivity index (χ1n) is 7.16. The number of carboxylic acid groups (broad SMARTS) is 1. The third-order valence-corrected chi connectivity index (χ3v) is 4.04. The van der Waals surface area contributed by atoms with E-state index in [4.69, 9.17) is 9.84 Å². The Morgan fingerprint density at radius 2 is 1.95 bits per heavy atom. The summed E-state index contributed by atoms with van der Waals surface area (Å²) in [7, 11) is 0. The molecule has 1 saturated heterocycles. The Morgan fingerprint density at radius 3 is 2.48 bits per heavy atom. The molecule has 0 aliphatic carbocycles. The van der Waals surface area contributed by atoms with Crippen molar-refractivity contribution in [1.29, 1.82) is 0 Å². The van der Waals surface area contributed by atoms with Gasteiger partial charge in [0.05, 0.1) is 5.92 Å². The first-order chi connectivity index (χ1) is 9.90. The fourth-order valence-electron chi connectivity index (χ4n) is 2.69. The number of amides is 1. The van der Waals surface area contributed by atoms with Crippen LogP contribution in [0.1, 0.15) is 25.8 Å². The van der Waals surface area contributed by atoms with E-state index in [0.717, 1.165) is 5.56 Å². The molecule has 0 bridgehead atoms. The maximum Gasteiger partial charge on any atom is 0.308 e. The van der Waals surface area contributed by atoms with E-state index in [1.165, 1.54) is 0 Å². The number of hydrogen-bond acceptors (Lipinski definition) is 3. The van der Waals surface area contributed by atoms with Crippen LogP contribution < -0.4 is 4.74 Å². The minimum absolute atomic E-state index is 0.160. The van der Waals surface area contributed by atoms with E-state index in [-0.39, 0.29) is 11.9 Å². The molecule has 0 radical (unpaired) electrons. The molecule has 1 heterocycles. The minimum atomic E-state index is -0.843. The highest BCUT2D eigenvalue weighted by Crippen LogP contribution is 2.25. The molecule has 1 aromatic rings. The predicted molar refractivity (Wildman–Crippen MR) is 78.2 cm³/mol. The third-order valence-electron chi connectivity index (χ3n) is 4.04. The van der Waals surface area contributed by atoms with E-state index in [2.05, 4.69) is 0 Å². The molecule has 21 heavy (non-hydrogen) atoms. The number of benzene rings is 1. The SMILES string of the molecule is Cc1ccc(OC(C)C(=O)N2CCC(C(=O)O)C2C)cc1. The average molecular weight is 291 g/mol. The Bertz CT molecular complexity index is 526. The summed E-state index contributed by atoms with van der Waals surface area (Å²) in [6.07, 6.45) is -0.123. The molecule has 1 aliphatic heterocycles. The number of carbonyl (C=O) groups excluding carboxylic acids is 1. The van der Waals surface area contributed by atoms with Crippen LogP contribution in [-0.2, 0) is 9.59 Å². The Labute approximate surface area is 124 Å². The zero-order chi connectivity index (χ0) is 15.6. The lowest BCUT2D eigenvalue weighted by atomic mass is 10.0. The topological polar surface area (TPSA) is 66.8 Å². The number of ether oxygens (including phenoxy) is 1. The lowest BCUT2D eigenvalue weighted by Gasteiger charge is -2.26. The van der Waals surface area contributed by atoms with Gasteiger partial charge in [0.1, 0.15) is 5.75 Å². The molecular formula is C16H21NO4. The fourth-order valence-corrected chi connectivity index (χ4v) is 2.69. The van der Waals surface area contributed by atoms with Crippen LogP contribution in [0.2, 0.25) is 0 Å². The van der Waals surface area contributed by atoms with Crippen LogP contribution in [-0.4, -0.2) is 40.6 Å². The average Bonchev–Trinajstić information content (AvgIpc) is 2.82. The van der Waals surface area contributed by atoms with Crippen molar-refractivity contribution in [1.82, 2.24) is 4.90 Å². The number of rotatable bonds is 4. The third kappa shape index (κ3) is 3.35. The number of hydrogen-bond donors (Lipinski definition) is 1. The summed E-state index contributed by atoms with van der Waals surface area (Å²) in [5, 5.41) is 9.11. The van der Waals surface area contributed by atoms with Crippen LogP contribution >= 0.6 is 0 Å². The number of carboxylic acids is 1. The maximum atomic E-state index is 12.4. The number of likely N-dealkylation sites (tertiary alicyclic amines) is 1. The molecule has 3 unspecified atom stereocenters. The van der Waals surface area contributed by atoms with Crippen LogP contribution in [0.25, 0.3) is 0 Å². The minimum Gasteiger partial charge on any atom is -0.481 e. The van der Waals surface area contributed by atoms with E-state index >= 15 is 0 Å². The molecule has 5 heteroatoms. The first-order valence-corrected chi connectivity index (χ1v) is 7.16. The van der Waals surface area contributed by atoms with Crippen molar-refractivity contribution in [2.45, 2.75) is 39.3 Å².